The van der Waals surface area contributed by atoms with Crippen LogP contribution < -0.4 is 10.5 Å². The van der Waals surface area contributed by atoms with Crippen LogP contribution in [0.1, 0.15) is 36.8 Å². The van der Waals surface area contributed by atoms with Crippen LogP contribution in [0.25, 0.3) is 0 Å². The Morgan fingerprint density at radius 2 is 2.06 bits per heavy atom. The number of hydrogen-bond acceptors (Lipinski definition) is 3. The highest BCUT2D eigenvalue weighted by molar-refractivity contribution is 5.41. The largest absolute Gasteiger partial charge is 0.496 e. The second kappa shape index (κ2) is 5.87. The third kappa shape index (κ3) is 2.74. The second-order valence-corrected chi connectivity index (χ2v) is 4.27. The van der Waals surface area contributed by atoms with Gasteiger partial charge in [-0.15, -0.1) is 0 Å². The van der Waals surface area contributed by atoms with Crippen molar-refractivity contribution in [1.29, 1.82) is 0 Å². The highest BCUT2D eigenvalue weighted by atomic mass is 16.5. The summed E-state index contributed by atoms with van der Waals surface area (Å²) in [5, 5.41) is 9.24. The van der Waals surface area contributed by atoms with E-state index in [1.54, 1.807) is 7.11 Å². The molecule has 1 aromatic rings. The molecule has 1 rings (SSSR count). The first-order valence-electron chi connectivity index (χ1n) is 5.62. The van der Waals surface area contributed by atoms with Crippen molar-refractivity contribution in [3.63, 3.8) is 0 Å². The lowest BCUT2D eigenvalue weighted by atomic mass is 9.94. The molecule has 0 aliphatic heterocycles. The topological polar surface area (TPSA) is 55.5 Å². The van der Waals surface area contributed by atoms with Gasteiger partial charge in [-0.05, 0) is 17.5 Å². The third-order valence-electron chi connectivity index (χ3n) is 2.87. The minimum atomic E-state index is -0.0452. The molecule has 3 heteroatoms. The molecule has 16 heavy (non-hydrogen) atoms. The van der Waals surface area contributed by atoms with Crippen molar-refractivity contribution >= 4 is 0 Å². The predicted octanol–water partition coefficient (Wildman–Crippen LogP) is 1.85. The van der Waals surface area contributed by atoms with Crippen LogP contribution >= 0.6 is 0 Å². The van der Waals surface area contributed by atoms with Gasteiger partial charge in [-0.25, -0.2) is 0 Å². The zero-order valence-electron chi connectivity index (χ0n) is 10.2. The molecule has 0 aromatic heterocycles. The molecule has 0 radical (unpaired) electrons. The highest BCUT2D eigenvalue weighted by Crippen LogP contribution is 2.29. The highest BCUT2D eigenvalue weighted by Gasteiger charge is 2.14. The summed E-state index contributed by atoms with van der Waals surface area (Å²) in [6.07, 6.45) is 0. The van der Waals surface area contributed by atoms with Crippen LogP contribution in [0.15, 0.2) is 18.2 Å². The molecule has 0 heterocycles. The van der Waals surface area contributed by atoms with E-state index >= 15 is 0 Å². The Kier molecular flexibility index (Phi) is 4.77. The van der Waals surface area contributed by atoms with Crippen LogP contribution in [0.3, 0.4) is 0 Å². The lowest BCUT2D eigenvalue weighted by Gasteiger charge is -2.17. The van der Waals surface area contributed by atoms with Crippen LogP contribution in [0.5, 0.6) is 5.75 Å². The van der Waals surface area contributed by atoms with E-state index in [2.05, 4.69) is 19.9 Å². The Balaban J connectivity index is 3.10. The Hall–Kier alpha value is -1.06. The van der Waals surface area contributed by atoms with Gasteiger partial charge in [-0.1, -0.05) is 26.0 Å². The number of aliphatic hydroxyl groups excluding tert-OH is 1. The average molecular weight is 223 g/mol. The van der Waals surface area contributed by atoms with Gasteiger partial charge in [0.1, 0.15) is 5.75 Å². The number of nitrogens with two attached hydrogens (primary N) is 1. The zero-order chi connectivity index (χ0) is 12.1. The molecule has 0 aliphatic carbocycles. The normalized spacial score (nSPS) is 12.9. The summed E-state index contributed by atoms with van der Waals surface area (Å²) in [4.78, 5) is 0. The van der Waals surface area contributed by atoms with Crippen molar-refractivity contribution in [3.8, 4) is 5.75 Å². The van der Waals surface area contributed by atoms with E-state index in [9.17, 15) is 5.11 Å². The summed E-state index contributed by atoms with van der Waals surface area (Å²) < 4.78 is 5.35. The summed E-state index contributed by atoms with van der Waals surface area (Å²) in [5.41, 5.74) is 7.84. The van der Waals surface area contributed by atoms with Gasteiger partial charge >= 0.3 is 0 Å². The van der Waals surface area contributed by atoms with E-state index in [0.29, 0.717) is 12.5 Å². The Morgan fingerprint density at radius 3 is 2.50 bits per heavy atom. The molecule has 0 aliphatic rings. The fraction of sp³-hybridized carbons (Fsp3) is 0.538. The minimum Gasteiger partial charge on any atom is -0.496 e. The zero-order valence-corrected chi connectivity index (χ0v) is 10.2. The van der Waals surface area contributed by atoms with Crippen LogP contribution in [0.2, 0.25) is 0 Å². The lowest BCUT2D eigenvalue weighted by Crippen LogP contribution is -2.17. The number of methoxy groups -OCH3 is 1. The van der Waals surface area contributed by atoms with E-state index in [-0.39, 0.29) is 12.5 Å². The maximum absolute atomic E-state index is 9.24. The molecular formula is C13H21NO2. The molecule has 3 N–H and O–H groups in total. The van der Waals surface area contributed by atoms with Gasteiger partial charge in [-0.3, -0.25) is 0 Å². The maximum atomic E-state index is 9.24. The summed E-state index contributed by atoms with van der Waals surface area (Å²) in [6.45, 7) is 4.75. The standard InChI is InChI=1S/C13H21NO2/c1-9(2)10-4-5-12(11(7-14)8-15)13(6-10)16-3/h4-6,9,11,15H,7-8,14H2,1-3H3. The van der Waals surface area contributed by atoms with Gasteiger partial charge in [0.2, 0.25) is 0 Å². The Morgan fingerprint density at radius 1 is 1.38 bits per heavy atom. The summed E-state index contributed by atoms with van der Waals surface area (Å²) >= 11 is 0. The van der Waals surface area contributed by atoms with Crippen molar-refractivity contribution < 1.29 is 9.84 Å². The molecule has 90 valence electrons. The van der Waals surface area contributed by atoms with Crippen molar-refractivity contribution in [3.05, 3.63) is 29.3 Å². The molecule has 0 fully saturated rings. The predicted molar refractivity (Wildman–Crippen MR) is 66.0 cm³/mol. The van der Waals surface area contributed by atoms with Crippen molar-refractivity contribution in [2.75, 3.05) is 20.3 Å². The molecule has 0 bridgehead atoms. The molecule has 0 saturated heterocycles. The molecule has 0 spiro atoms. The van der Waals surface area contributed by atoms with E-state index in [1.807, 2.05) is 12.1 Å². The third-order valence-corrected chi connectivity index (χ3v) is 2.87. The number of benzene rings is 1. The molecule has 1 aromatic carbocycles. The Bertz CT molecular complexity index is 333. The first-order valence-corrected chi connectivity index (χ1v) is 5.62. The molecular weight excluding hydrogens is 202 g/mol. The monoisotopic (exact) mass is 223 g/mol. The molecule has 0 amide bonds. The van der Waals surface area contributed by atoms with Crippen LogP contribution in [0, 0.1) is 0 Å². The van der Waals surface area contributed by atoms with Crippen molar-refractivity contribution in [1.82, 2.24) is 0 Å². The fourth-order valence-corrected chi connectivity index (χ4v) is 1.72. The number of ether oxygens (including phenoxy) is 1. The quantitative estimate of drug-likeness (QED) is 0.801. The lowest BCUT2D eigenvalue weighted by molar-refractivity contribution is 0.264. The van der Waals surface area contributed by atoms with Gasteiger partial charge < -0.3 is 15.6 Å². The number of rotatable bonds is 5. The first-order chi connectivity index (χ1) is 7.63. The molecule has 1 atom stereocenters. The van der Waals surface area contributed by atoms with Gasteiger partial charge in [0.05, 0.1) is 13.7 Å². The molecule has 1 unspecified atom stereocenters. The van der Waals surface area contributed by atoms with E-state index in [1.165, 1.54) is 5.56 Å². The van der Waals surface area contributed by atoms with Crippen LogP contribution in [-0.2, 0) is 0 Å². The van der Waals surface area contributed by atoms with Crippen LogP contribution in [0.4, 0.5) is 0 Å². The molecule has 3 nitrogen and oxygen atoms in total. The smallest absolute Gasteiger partial charge is 0.122 e. The van der Waals surface area contributed by atoms with E-state index in [0.717, 1.165) is 11.3 Å². The van der Waals surface area contributed by atoms with Gasteiger partial charge in [-0.2, -0.15) is 0 Å². The summed E-state index contributed by atoms with van der Waals surface area (Å²) in [7, 11) is 1.65. The summed E-state index contributed by atoms with van der Waals surface area (Å²) in [5.74, 6) is 1.24. The van der Waals surface area contributed by atoms with Crippen molar-refractivity contribution in [2.24, 2.45) is 5.73 Å². The van der Waals surface area contributed by atoms with Gasteiger partial charge in [0, 0.05) is 18.0 Å². The number of hydrogen-bond donors (Lipinski definition) is 2. The molecule has 0 saturated carbocycles. The van der Waals surface area contributed by atoms with Gasteiger partial charge in [0.15, 0.2) is 0 Å². The van der Waals surface area contributed by atoms with E-state index in [4.69, 9.17) is 10.5 Å². The Labute approximate surface area is 97.2 Å². The van der Waals surface area contributed by atoms with Crippen LogP contribution in [-0.4, -0.2) is 25.4 Å². The second-order valence-electron chi connectivity index (χ2n) is 4.27. The average Bonchev–Trinajstić information content (AvgIpc) is 2.30. The first kappa shape index (κ1) is 13.0. The van der Waals surface area contributed by atoms with Gasteiger partial charge in [0.25, 0.3) is 0 Å². The maximum Gasteiger partial charge on any atom is 0.122 e. The number of aliphatic hydroxyl groups is 1. The van der Waals surface area contributed by atoms with Crippen molar-refractivity contribution in [2.45, 2.75) is 25.7 Å². The minimum absolute atomic E-state index is 0.0452. The fourth-order valence-electron chi connectivity index (χ4n) is 1.72. The van der Waals surface area contributed by atoms with E-state index < -0.39 is 0 Å². The SMILES string of the molecule is COc1cc(C(C)C)ccc1C(CN)CO. The summed E-state index contributed by atoms with van der Waals surface area (Å²) in [6, 6.07) is 6.10.